The van der Waals surface area contributed by atoms with Crippen molar-refractivity contribution >= 4 is 11.2 Å². The van der Waals surface area contributed by atoms with Crippen LogP contribution in [0.25, 0.3) is 11.2 Å². The molecule has 0 aliphatic heterocycles. The van der Waals surface area contributed by atoms with Gasteiger partial charge in [-0.05, 0) is 12.1 Å². The van der Waals surface area contributed by atoms with Crippen LogP contribution in [0.5, 0.6) is 0 Å². The SMILES string of the molecule is CONCc1nc2cccnc2o1. The number of pyridine rings is 1. The molecule has 5 nitrogen and oxygen atoms in total. The van der Waals surface area contributed by atoms with Crippen LogP contribution < -0.4 is 5.48 Å². The predicted octanol–water partition coefficient (Wildman–Crippen LogP) is 0.874. The Labute approximate surface area is 74.7 Å². The zero-order chi connectivity index (χ0) is 9.10. The Hall–Kier alpha value is -1.46. The van der Waals surface area contributed by atoms with E-state index in [1.807, 2.05) is 12.1 Å². The summed E-state index contributed by atoms with van der Waals surface area (Å²) >= 11 is 0. The summed E-state index contributed by atoms with van der Waals surface area (Å²) in [6.45, 7) is 0.437. The summed E-state index contributed by atoms with van der Waals surface area (Å²) in [4.78, 5) is 12.9. The summed E-state index contributed by atoms with van der Waals surface area (Å²) in [6, 6.07) is 3.67. The number of fused-ring (bicyclic) bond motifs is 1. The third kappa shape index (κ3) is 1.66. The largest absolute Gasteiger partial charge is 0.421 e. The van der Waals surface area contributed by atoms with Crippen LogP contribution in [-0.2, 0) is 11.4 Å². The molecular formula is C8H9N3O2. The molecule has 0 saturated carbocycles. The number of nitrogens with one attached hydrogen (secondary N) is 1. The molecular weight excluding hydrogens is 170 g/mol. The summed E-state index contributed by atoms with van der Waals surface area (Å²) in [5.74, 6) is 0.565. The lowest BCUT2D eigenvalue weighted by Crippen LogP contribution is -2.10. The van der Waals surface area contributed by atoms with Crippen LogP contribution in [-0.4, -0.2) is 17.1 Å². The molecule has 0 aliphatic carbocycles. The normalized spacial score (nSPS) is 10.8. The van der Waals surface area contributed by atoms with Gasteiger partial charge in [0.2, 0.25) is 11.6 Å². The standard InChI is InChI=1S/C8H9N3O2/c1-12-10-5-7-11-6-3-2-4-9-8(6)13-7/h2-4,10H,5H2,1H3. The molecule has 2 aromatic heterocycles. The number of rotatable bonds is 3. The smallest absolute Gasteiger partial charge is 0.246 e. The van der Waals surface area contributed by atoms with Crippen molar-refractivity contribution in [2.45, 2.75) is 6.54 Å². The second-order valence-corrected chi connectivity index (χ2v) is 2.46. The van der Waals surface area contributed by atoms with E-state index < -0.39 is 0 Å². The zero-order valence-corrected chi connectivity index (χ0v) is 7.15. The van der Waals surface area contributed by atoms with E-state index in [1.54, 1.807) is 13.3 Å². The molecule has 0 saturated heterocycles. The lowest BCUT2D eigenvalue weighted by molar-refractivity contribution is 0.0809. The summed E-state index contributed by atoms with van der Waals surface area (Å²) in [5.41, 5.74) is 3.95. The van der Waals surface area contributed by atoms with Crippen molar-refractivity contribution in [1.29, 1.82) is 0 Å². The second-order valence-electron chi connectivity index (χ2n) is 2.46. The van der Waals surface area contributed by atoms with Gasteiger partial charge in [0, 0.05) is 6.20 Å². The highest BCUT2D eigenvalue weighted by Gasteiger charge is 2.04. The van der Waals surface area contributed by atoms with Gasteiger partial charge in [0.1, 0.15) is 5.52 Å². The quantitative estimate of drug-likeness (QED) is 0.708. The maximum atomic E-state index is 5.31. The first-order valence-electron chi connectivity index (χ1n) is 3.86. The van der Waals surface area contributed by atoms with Gasteiger partial charge >= 0.3 is 0 Å². The van der Waals surface area contributed by atoms with Gasteiger partial charge in [-0.25, -0.2) is 9.97 Å². The van der Waals surface area contributed by atoms with E-state index in [4.69, 9.17) is 4.42 Å². The van der Waals surface area contributed by atoms with Crippen LogP contribution in [0.1, 0.15) is 5.89 Å². The average molecular weight is 179 g/mol. The zero-order valence-electron chi connectivity index (χ0n) is 7.15. The highest BCUT2D eigenvalue weighted by molar-refractivity contribution is 5.67. The minimum absolute atomic E-state index is 0.437. The third-order valence-electron chi connectivity index (χ3n) is 1.58. The van der Waals surface area contributed by atoms with Gasteiger partial charge in [0.05, 0.1) is 13.7 Å². The molecule has 0 radical (unpaired) electrons. The van der Waals surface area contributed by atoms with Gasteiger partial charge in [-0.3, -0.25) is 0 Å². The number of oxazole rings is 1. The number of aromatic nitrogens is 2. The Balaban J connectivity index is 2.28. The van der Waals surface area contributed by atoms with Crippen molar-refractivity contribution in [1.82, 2.24) is 15.4 Å². The van der Waals surface area contributed by atoms with E-state index >= 15 is 0 Å². The summed E-state index contributed by atoms with van der Waals surface area (Å²) in [7, 11) is 1.54. The van der Waals surface area contributed by atoms with E-state index in [0.29, 0.717) is 18.1 Å². The van der Waals surface area contributed by atoms with Gasteiger partial charge in [-0.1, -0.05) is 0 Å². The van der Waals surface area contributed by atoms with Crippen LogP contribution in [0.3, 0.4) is 0 Å². The van der Waals surface area contributed by atoms with Gasteiger partial charge in [0.25, 0.3) is 0 Å². The Kier molecular flexibility index (Phi) is 2.20. The van der Waals surface area contributed by atoms with Gasteiger partial charge in [0.15, 0.2) is 0 Å². The van der Waals surface area contributed by atoms with Crippen molar-refractivity contribution in [3.8, 4) is 0 Å². The lowest BCUT2D eigenvalue weighted by atomic mass is 10.4. The molecule has 0 aromatic carbocycles. The minimum Gasteiger partial charge on any atom is -0.421 e. The topological polar surface area (TPSA) is 60.2 Å². The van der Waals surface area contributed by atoms with Crippen LogP contribution in [0, 0.1) is 0 Å². The molecule has 0 fully saturated rings. The highest BCUT2D eigenvalue weighted by atomic mass is 16.6. The van der Waals surface area contributed by atoms with Crippen molar-refractivity contribution in [3.63, 3.8) is 0 Å². The van der Waals surface area contributed by atoms with Gasteiger partial charge in [-0.2, -0.15) is 5.48 Å². The number of hydrogen-bond acceptors (Lipinski definition) is 5. The molecule has 0 atom stereocenters. The predicted molar refractivity (Wildman–Crippen MR) is 45.7 cm³/mol. The summed E-state index contributed by atoms with van der Waals surface area (Å²) in [6.07, 6.45) is 1.67. The average Bonchev–Trinajstić information content (AvgIpc) is 2.57. The molecule has 0 unspecified atom stereocenters. The van der Waals surface area contributed by atoms with Crippen LogP contribution in [0.2, 0.25) is 0 Å². The van der Waals surface area contributed by atoms with Crippen molar-refractivity contribution in [2.75, 3.05) is 7.11 Å². The minimum atomic E-state index is 0.437. The Morgan fingerprint density at radius 2 is 2.54 bits per heavy atom. The monoisotopic (exact) mass is 179 g/mol. The Morgan fingerprint density at radius 3 is 3.31 bits per heavy atom. The molecule has 0 bridgehead atoms. The Morgan fingerprint density at radius 1 is 1.62 bits per heavy atom. The van der Waals surface area contributed by atoms with Crippen molar-refractivity contribution in [3.05, 3.63) is 24.2 Å². The highest BCUT2D eigenvalue weighted by Crippen LogP contribution is 2.11. The number of nitrogens with zero attached hydrogens (tertiary/aromatic N) is 2. The fourth-order valence-electron chi connectivity index (χ4n) is 1.02. The molecule has 2 rings (SSSR count). The molecule has 13 heavy (non-hydrogen) atoms. The molecule has 1 N–H and O–H groups in total. The number of hydroxylamine groups is 1. The van der Waals surface area contributed by atoms with E-state index in [1.165, 1.54) is 0 Å². The summed E-state index contributed by atoms with van der Waals surface area (Å²) < 4.78 is 5.31. The van der Waals surface area contributed by atoms with Crippen LogP contribution >= 0.6 is 0 Å². The van der Waals surface area contributed by atoms with E-state index in [0.717, 1.165) is 5.52 Å². The van der Waals surface area contributed by atoms with E-state index in [-0.39, 0.29) is 0 Å². The third-order valence-corrected chi connectivity index (χ3v) is 1.58. The molecule has 0 aliphatic rings. The van der Waals surface area contributed by atoms with Gasteiger partial charge in [-0.15, -0.1) is 0 Å². The maximum Gasteiger partial charge on any atom is 0.246 e. The first-order chi connectivity index (χ1) is 6.40. The maximum absolute atomic E-state index is 5.31. The van der Waals surface area contributed by atoms with E-state index in [9.17, 15) is 0 Å². The molecule has 0 amide bonds. The molecule has 5 heteroatoms. The summed E-state index contributed by atoms with van der Waals surface area (Å²) in [5, 5.41) is 0. The second kappa shape index (κ2) is 3.51. The molecule has 2 heterocycles. The van der Waals surface area contributed by atoms with Crippen molar-refractivity contribution < 1.29 is 9.25 Å². The molecule has 68 valence electrons. The Bertz CT molecular complexity index is 366. The first-order valence-corrected chi connectivity index (χ1v) is 3.86. The number of hydrogen-bond donors (Lipinski definition) is 1. The van der Waals surface area contributed by atoms with Crippen LogP contribution in [0.4, 0.5) is 0 Å². The fourth-order valence-corrected chi connectivity index (χ4v) is 1.02. The molecule has 2 aromatic rings. The lowest BCUT2D eigenvalue weighted by Gasteiger charge is -1.93. The van der Waals surface area contributed by atoms with Crippen LogP contribution in [0.15, 0.2) is 22.7 Å². The van der Waals surface area contributed by atoms with E-state index in [2.05, 4.69) is 20.3 Å². The van der Waals surface area contributed by atoms with Gasteiger partial charge < -0.3 is 9.25 Å². The van der Waals surface area contributed by atoms with Crippen molar-refractivity contribution in [2.24, 2.45) is 0 Å². The first kappa shape index (κ1) is 8.15. The fraction of sp³-hybridized carbons (Fsp3) is 0.250. The molecule has 0 spiro atoms.